The van der Waals surface area contributed by atoms with Crippen molar-refractivity contribution in [1.82, 2.24) is 0 Å². The molecule has 18 heavy (non-hydrogen) atoms. The van der Waals surface area contributed by atoms with Crippen LogP contribution in [0.2, 0.25) is 0 Å². The molecule has 0 fully saturated rings. The fourth-order valence-electron chi connectivity index (χ4n) is 1.39. The summed E-state index contributed by atoms with van der Waals surface area (Å²) in [7, 11) is 0. The van der Waals surface area contributed by atoms with Gasteiger partial charge in [-0.3, -0.25) is 10.1 Å². The van der Waals surface area contributed by atoms with E-state index in [0.717, 1.165) is 18.2 Å². The van der Waals surface area contributed by atoms with Crippen LogP contribution in [0.1, 0.15) is 5.76 Å². The van der Waals surface area contributed by atoms with E-state index in [0.29, 0.717) is 10.4 Å². The SMILES string of the molecule is O=[N+]([O-])c1ccc(F)c(NCc2ccc(Br)o2)c1. The molecule has 2 aromatic rings. The number of rotatable bonds is 4. The summed E-state index contributed by atoms with van der Waals surface area (Å²) in [6, 6.07) is 6.74. The van der Waals surface area contributed by atoms with E-state index in [1.165, 1.54) is 0 Å². The van der Waals surface area contributed by atoms with Crippen molar-refractivity contribution in [1.29, 1.82) is 0 Å². The highest BCUT2D eigenvalue weighted by Gasteiger charge is 2.11. The summed E-state index contributed by atoms with van der Waals surface area (Å²) in [5.41, 5.74) is -0.101. The largest absolute Gasteiger partial charge is 0.452 e. The molecular formula is C11H8BrFN2O3. The van der Waals surface area contributed by atoms with Crippen molar-refractivity contribution in [2.75, 3.05) is 5.32 Å². The summed E-state index contributed by atoms with van der Waals surface area (Å²) in [6.07, 6.45) is 0. The number of halogens is 2. The highest BCUT2D eigenvalue weighted by atomic mass is 79.9. The number of furan rings is 1. The highest BCUT2D eigenvalue weighted by Crippen LogP contribution is 2.22. The fourth-order valence-corrected chi connectivity index (χ4v) is 1.73. The summed E-state index contributed by atoms with van der Waals surface area (Å²) in [6.45, 7) is 0.240. The van der Waals surface area contributed by atoms with Gasteiger partial charge in [-0.25, -0.2) is 4.39 Å². The lowest BCUT2D eigenvalue weighted by Gasteiger charge is -2.05. The van der Waals surface area contributed by atoms with Crippen molar-refractivity contribution in [3.8, 4) is 0 Å². The zero-order chi connectivity index (χ0) is 13.1. The number of anilines is 1. The zero-order valence-corrected chi connectivity index (χ0v) is 10.6. The first-order valence-corrected chi connectivity index (χ1v) is 5.77. The Bertz CT molecular complexity index is 585. The lowest BCUT2D eigenvalue weighted by molar-refractivity contribution is -0.384. The Morgan fingerprint density at radius 3 is 2.78 bits per heavy atom. The maximum Gasteiger partial charge on any atom is 0.271 e. The van der Waals surface area contributed by atoms with E-state index in [1.54, 1.807) is 12.1 Å². The third-order valence-electron chi connectivity index (χ3n) is 2.24. The second-order valence-electron chi connectivity index (χ2n) is 3.48. The standard InChI is InChI=1S/C11H8BrFN2O3/c12-11-4-2-8(18-11)6-14-10-5-7(15(16)17)1-3-9(10)13/h1-5,14H,6H2. The van der Waals surface area contributed by atoms with Crippen molar-refractivity contribution in [3.63, 3.8) is 0 Å². The highest BCUT2D eigenvalue weighted by molar-refractivity contribution is 9.10. The Labute approximate surface area is 110 Å². The molecule has 5 nitrogen and oxygen atoms in total. The number of nitrogens with one attached hydrogen (secondary N) is 1. The van der Waals surface area contributed by atoms with Crippen molar-refractivity contribution in [2.24, 2.45) is 0 Å². The minimum absolute atomic E-state index is 0.0664. The smallest absolute Gasteiger partial charge is 0.271 e. The molecule has 0 amide bonds. The molecule has 0 radical (unpaired) electrons. The van der Waals surface area contributed by atoms with Gasteiger partial charge in [0.05, 0.1) is 17.2 Å². The topological polar surface area (TPSA) is 68.3 Å². The van der Waals surface area contributed by atoms with Crippen LogP contribution in [-0.4, -0.2) is 4.92 Å². The summed E-state index contributed by atoms with van der Waals surface area (Å²) < 4.78 is 19.2. The fraction of sp³-hybridized carbons (Fsp3) is 0.0909. The van der Waals surface area contributed by atoms with Crippen molar-refractivity contribution in [3.05, 3.63) is 56.7 Å². The first-order chi connectivity index (χ1) is 8.56. The third kappa shape index (κ3) is 2.86. The van der Waals surface area contributed by atoms with Gasteiger partial charge in [0.2, 0.25) is 0 Å². The van der Waals surface area contributed by atoms with Gasteiger partial charge in [0.15, 0.2) is 4.67 Å². The van der Waals surface area contributed by atoms with E-state index < -0.39 is 10.7 Å². The minimum atomic E-state index is -0.575. The van der Waals surface area contributed by atoms with Gasteiger partial charge in [0, 0.05) is 12.1 Å². The van der Waals surface area contributed by atoms with Gasteiger partial charge in [-0.05, 0) is 34.1 Å². The van der Waals surface area contributed by atoms with Gasteiger partial charge in [-0.2, -0.15) is 0 Å². The molecule has 2 rings (SSSR count). The van der Waals surface area contributed by atoms with Gasteiger partial charge in [0.1, 0.15) is 11.6 Å². The van der Waals surface area contributed by atoms with E-state index >= 15 is 0 Å². The summed E-state index contributed by atoms with van der Waals surface area (Å²) >= 11 is 3.15. The maximum absolute atomic E-state index is 13.4. The van der Waals surface area contributed by atoms with Crippen LogP contribution in [0.25, 0.3) is 0 Å². The summed E-state index contributed by atoms with van der Waals surface area (Å²) in [5, 5.41) is 13.3. The average molecular weight is 315 g/mol. The molecule has 1 aromatic carbocycles. The molecule has 0 spiro atoms. The Hall–Kier alpha value is -1.89. The van der Waals surface area contributed by atoms with Gasteiger partial charge in [-0.1, -0.05) is 0 Å². The lowest BCUT2D eigenvalue weighted by Crippen LogP contribution is -2.01. The van der Waals surface area contributed by atoms with E-state index in [1.807, 2.05) is 0 Å². The van der Waals surface area contributed by atoms with Crippen LogP contribution in [0.5, 0.6) is 0 Å². The molecule has 0 saturated carbocycles. The quantitative estimate of drug-likeness (QED) is 0.690. The molecule has 1 N–H and O–H groups in total. The molecule has 1 heterocycles. The Kier molecular flexibility index (Phi) is 3.61. The lowest BCUT2D eigenvalue weighted by atomic mass is 10.2. The summed E-state index contributed by atoms with van der Waals surface area (Å²) in [5.74, 6) is 0.0407. The van der Waals surface area contributed by atoms with Crippen molar-refractivity contribution < 1.29 is 13.7 Å². The van der Waals surface area contributed by atoms with Crippen LogP contribution < -0.4 is 5.32 Å². The first kappa shape index (κ1) is 12.6. The molecule has 0 aliphatic carbocycles. The molecule has 1 aromatic heterocycles. The number of nitrogens with zero attached hydrogens (tertiary/aromatic N) is 1. The second-order valence-corrected chi connectivity index (χ2v) is 4.26. The number of hydrogen-bond donors (Lipinski definition) is 1. The Morgan fingerprint density at radius 1 is 1.39 bits per heavy atom. The monoisotopic (exact) mass is 314 g/mol. The maximum atomic E-state index is 13.4. The van der Waals surface area contributed by atoms with Gasteiger partial charge in [-0.15, -0.1) is 0 Å². The zero-order valence-electron chi connectivity index (χ0n) is 9.02. The van der Waals surface area contributed by atoms with Crippen LogP contribution in [0.4, 0.5) is 15.8 Å². The van der Waals surface area contributed by atoms with E-state index in [4.69, 9.17) is 4.42 Å². The Morgan fingerprint density at radius 2 is 2.17 bits per heavy atom. The van der Waals surface area contributed by atoms with Crippen LogP contribution in [-0.2, 0) is 6.54 Å². The average Bonchev–Trinajstić information content (AvgIpc) is 2.74. The number of nitro groups is 1. The molecular weight excluding hydrogens is 307 g/mol. The molecule has 0 unspecified atom stereocenters. The number of benzene rings is 1. The van der Waals surface area contributed by atoms with E-state index in [9.17, 15) is 14.5 Å². The van der Waals surface area contributed by atoms with Crippen LogP contribution in [0.15, 0.2) is 39.4 Å². The molecule has 0 atom stereocenters. The molecule has 0 aliphatic heterocycles. The predicted molar refractivity (Wildman–Crippen MR) is 66.8 cm³/mol. The second kappa shape index (κ2) is 5.18. The van der Waals surface area contributed by atoms with Gasteiger partial charge < -0.3 is 9.73 Å². The van der Waals surface area contributed by atoms with Crippen LogP contribution in [0, 0.1) is 15.9 Å². The third-order valence-corrected chi connectivity index (χ3v) is 2.67. The molecule has 7 heteroatoms. The number of nitro benzene ring substituents is 1. The predicted octanol–water partition coefficient (Wildman–Crippen LogP) is 3.70. The minimum Gasteiger partial charge on any atom is -0.452 e. The van der Waals surface area contributed by atoms with Crippen molar-refractivity contribution >= 4 is 27.3 Å². The van der Waals surface area contributed by atoms with Gasteiger partial charge in [0.25, 0.3) is 5.69 Å². The van der Waals surface area contributed by atoms with E-state index in [-0.39, 0.29) is 17.9 Å². The molecule has 0 saturated heterocycles. The van der Waals surface area contributed by atoms with Gasteiger partial charge >= 0.3 is 0 Å². The van der Waals surface area contributed by atoms with Crippen LogP contribution >= 0.6 is 15.9 Å². The van der Waals surface area contributed by atoms with Crippen LogP contribution in [0.3, 0.4) is 0 Å². The molecule has 0 aliphatic rings. The normalized spacial score (nSPS) is 10.3. The number of hydrogen-bond acceptors (Lipinski definition) is 4. The molecule has 94 valence electrons. The summed E-state index contributed by atoms with van der Waals surface area (Å²) in [4.78, 5) is 10.00. The number of non-ortho nitro benzene ring substituents is 1. The first-order valence-electron chi connectivity index (χ1n) is 4.98. The van der Waals surface area contributed by atoms with E-state index in [2.05, 4.69) is 21.2 Å². The Balaban J connectivity index is 2.13. The molecule has 0 bridgehead atoms. The van der Waals surface area contributed by atoms with Crippen molar-refractivity contribution in [2.45, 2.75) is 6.54 Å².